The highest BCUT2D eigenvalue weighted by atomic mass is 19.4. The summed E-state index contributed by atoms with van der Waals surface area (Å²) in [7, 11) is 0. The molecule has 1 atom stereocenters. The summed E-state index contributed by atoms with van der Waals surface area (Å²) in [5, 5.41) is 8.92. The number of halogens is 3. The number of ether oxygens (including phenoxy) is 1. The Morgan fingerprint density at radius 3 is 2.62 bits per heavy atom. The van der Waals surface area contributed by atoms with E-state index in [4.69, 9.17) is 9.84 Å². The fourth-order valence-corrected chi connectivity index (χ4v) is 1.05. The Morgan fingerprint density at radius 1 is 1.50 bits per heavy atom. The van der Waals surface area contributed by atoms with Crippen LogP contribution in [0, 0.1) is 6.92 Å². The van der Waals surface area contributed by atoms with Crippen molar-refractivity contribution >= 4 is 0 Å². The molecule has 0 spiro atoms. The smallest absolute Gasteiger partial charge is 0.425 e. The van der Waals surface area contributed by atoms with E-state index < -0.39 is 18.9 Å². The molecule has 1 rings (SSSR count). The van der Waals surface area contributed by atoms with E-state index in [1.807, 2.05) is 0 Å². The highest BCUT2D eigenvalue weighted by Crippen LogP contribution is 2.27. The van der Waals surface area contributed by atoms with Gasteiger partial charge in [-0.1, -0.05) is 0 Å². The third kappa shape index (κ3) is 3.10. The van der Waals surface area contributed by atoms with E-state index in [0.29, 0.717) is 5.69 Å². The number of aliphatic hydroxyl groups excluding tert-OH is 1. The van der Waals surface area contributed by atoms with E-state index in [0.717, 1.165) is 6.92 Å². The van der Waals surface area contributed by atoms with Gasteiger partial charge in [-0.15, -0.1) is 0 Å². The van der Waals surface area contributed by atoms with Gasteiger partial charge >= 0.3 is 6.18 Å². The zero-order valence-electron chi connectivity index (χ0n) is 8.88. The van der Waals surface area contributed by atoms with Crippen LogP contribution in [0.3, 0.4) is 0 Å². The summed E-state index contributed by atoms with van der Waals surface area (Å²) in [5.41, 5.74) is 0.767. The van der Waals surface area contributed by atoms with Gasteiger partial charge in [0.25, 0.3) is 0 Å². The van der Waals surface area contributed by atoms with Gasteiger partial charge in [0, 0.05) is 23.5 Å². The second kappa shape index (κ2) is 4.69. The van der Waals surface area contributed by atoms with Crippen LogP contribution in [-0.2, 0) is 6.61 Å². The van der Waals surface area contributed by atoms with Gasteiger partial charge in [-0.2, -0.15) is 13.2 Å². The third-order valence-electron chi connectivity index (χ3n) is 2.02. The van der Waals surface area contributed by atoms with Crippen LogP contribution in [0.2, 0.25) is 0 Å². The minimum Gasteiger partial charge on any atom is -0.481 e. The largest absolute Gasteiger partial charge is 0.481 e. The van der Waals surface area contributed by atoms with Crippen LogP contribution in [-0.4, -0.2) is 22.4 Å². The average Bonchev–Trinajstić information content (AvgIpc) is 2.16. The van der Waals surface area contributed by atoms with E-state index in [2.05, 4.69) is 4.98 Å². The van der Waals surface area contributed by atoms with Crippen molar-refractivity contribution in [2.24, 2.45) is 0 Å². The first-order valence-electron chi connectivity index (χ1n) is 4.64. The summed E-state index contributed by atoms with van der Waals surface area (Å²) in [6.07, 6.45) is -5.04. The molecule has 0 saturated carbocycles. The van der Waals surface area contributed by atoms with Crippen molar-refractivity contribution < 1.29 is 23.0 Å². The van der Waals surface area contributed by atoms with Crippen molar-refractivity contribution in [3.05, 3.63) is 23.5 Å². The monoisotopic (exact) mass is 235 g/mol. The number of aromatic nitrogens is 1. The molecule has 0 aromatic carbocycles. The normalized spacial score (nSPS) is 13.6. The molecule has 1 aromatic heterocycles. The van der Waals surface area contributed by atoms with E-state index in [9.17, 15) is 13.2 Å². The maximum absolute atomic E-state index is 12.3. The molecule has 1 N–H and O–H groups in total. The number of aryl methyl sites for hydroxylation is 1. The molecule has 0 amide bonds. The summed E-state index contributed by atoms with van der Waals surface area (Å²) < 4.78 is 41.6. The van der Waals surface area contributed by atoms with Crippen molar-refractivity contribution in [2.75, 3.05) is 0 Å². The lowest BCUT2D eigenvalue weighted by atomic mass is 10.2. The molecular formula is C10H12F3NO2. The molecule has 0 aliphatic rings. The number of nitrogens with zero attached hydrogens (tertiary/aromatic N) is 1. The molecule has 0 aliphatic carbocycles. The number of pyridine rings is 1. The fourth-order valence-electron chi connectivity index (χ4n) is 1.05. The molecule has 1 heterocycles. The van der Waals surface area contributed by atoms with E-state index in [1.54, 1.807) is 6.92 Å². The molecule has 0 radical (unpaired) electrons. The van der Waals surface area contributed by atoms with Gasteiger partial charge in [-0.05, 0) is 13.8 Å². The quantitative estimate of drug-likeness (QED) is 0.873. The fraction of sp³-hybridized carbons (Fsp3) is 0.500. The minimum absolute atomic E-state index is 0.0137. The zero-order chi connectivity index (χ0) is 12.3. The lowest BCUT2D eigenvalue weighted by molar-refractivity contribution is -0.189. The topological polar surface area (TPSA) is 42.4 Å². The second-order valence-electron chi connectivity index (χ2n) is 3.39. The lowest BCUT2D eigenvalue weighted by Gasteiger charge is -2.19. The van der Waals surface area contributed by atoms with Crippen LogP contribution in [0.5, 0.6) is 5.75 Å². The maximum Gasteiger partial charge on any atom is 0.425 e. The molecule has 0 saturated heterocycles. The third-order valence-corrected chi connectivity index (χ3v) is 2.02. The van der Waals surface area contributed by atoms with Gasteiger partial charge < -0.3 is 9.84 Å². The van der Waals surface area contributed by atoms with Crippen LogP contribution in [0.1, 0.15) is 18.2 Å². The van der Waals surface area contributed by atoms with Gasteiger partial charge in [0.1, 0.15) is 5.75 Å². The van der Waals surface area contributed by atoms with E-state index >= 15 is 0 Å². The lowest BCUT2D eigenvalue weighted by Crippen LogP contribution is -2.31. The van der Waals surface area contributed by atoms with Crippen molar-refractivity contribution in [3.8, 4) is 5.75 Å². The highest BCUT2D eigenvalue weighted by molar-refractivity contribution is 5.32. The van der Waals surface area contributed by atoms with Crippen molar-refractivity contribution in [2.45, 2.75) is 32.7 Å². The van der Waals surface area contributed by atoms with Gasteiger partial charge in [0.05, 0.1) is 6.61 Å². The molecule has 1 unspecified atom stereocenters. The van der Waals surface area contributed by atoms with E-state index in [1.165, 1.54) is 12.3 Å². The Balaban J connectivity index is 2.91. The average molecular weight is 235 g/mol. The van der Waals surface area contributed by atoms with Crippen LogP contribution < -0.4 is 4.74 Å². The Labute approximate surface area is 90.9 Å². The summed E-state index contributed by atoms with van der Waals surface area (Å²) in [5.74, 6) is 0.0137. The molecule has 16 heavy (non-hydrogen) atoms. The zero-order valence-corrected chi connectivity index (χ0v) is 8.88. The summed E-state index contributed by atoms with van der Waals surface area (Å²) in [6.45, 7) is 2.14. The van der Waals surface area contributed by atoms with Crippen LogP contribution in [0.25, 0.3) is 0 Å². The Bertz CT molecular complexity index is 366. The highest BCUT2D eigenvalue weighted by Gasteiger charge is 2.38. The van der Waals surface area contributed by atoms with Gasteiger partial charge in [-0.25, -0.2) is 0 Å². The van der Waals surface area contributed by atoms with Gasteiger partial charge in [-0.3, -0.25) is 4.98 Å². The van der Waals surface area contributed by atoms with Gasteiger partial charge in [0.2, 0.25) is 0 Å². The predicted octanol–water partition coefficient (Wildman–Crippen LogP) is 2.21. The number of hydrogen-bond acceptors (Lipinski definition) is 3. The second-order valence-corrected chi connectivity index (χ2v) is 3.39. The van der Waals surface area contributed by atoms with Crippen LogP contribution in [0.15, 0.2) is 12.3 Å². The summed E-state index contributed by atoms with van der Waals surface area (Å²) in [4.78, 5) is 3.86. The van der Waals surface area contributed by atoms with Crippen LogP contribution in [0.4, 0.5) is 13.2 Å². The molecule has 0 bridgehead atoms. The molecular weight excluding hydrogens is 223 g/mol. The number of hydrogen-bond donors (Lipinski definition) is 1. The Kier molecular flexibility index (Phi) is 3.74. The molecule has 0 aliphatic heterocycles. The predicted molar refractivity (Wildman–Crippen MR) is 51.0 cm³/mol. The minimum atomic E-state index is -4.43. The first kappa shape index (κ1) is 12.8. The first-order chi connectivity index (χ1) is 7.34. The van der Waals surface area contributed by atoms with Crippen molar-refractivity contribution in [1.29, 1.82) is 0 Å². The molecule has 90 valence electrons. The Hall–Kier alpha value is -1.30. The number of aliphatic hydroxyl groups is 1. The number of rotatable bonds is 3. The Morgan fingerprint density at radius 2 is 2.12 bits per heavy atom. The van der Waals surface area contributed by atoms with Crippen molar-refractivity contribution in [1.82, 2.24) is 4.98 Å². The van der Waals surface area contributed by atoms with Crippen molar-refractivity contribution in [3.63, 3.8) is 0 Å². The summed E-state index contributed by atoms with van der Waals surface area (Å²) in [6, 6.07) is 1.37. The molecule has 6 heteroatoms. The van der Waals surface area contributed by atoms with Crippen LogP contribution >= 0.6 is 0 Å². The van der Waals surface area contributed by atoms with E-state index in [-0.39, 0.29) is 11.3 Å². The maximum atomic E-state index is 12.3. The molecule has 1 aromatic rings. The number of alkyl halides is 3. The molecule has 3 nitrogen and oxygen atoms in total. The standard InChI is InChI=1S/C10H12F3NO2/c1-6-3-9(8(5-15)4-14-6)16-7(2)10(11,12)13/h3-4,7,15H,5H2,1-2H3. The molecule has 0 fully saturated rings. The van der Waals surface area contributed by atoms with Gasteiger partial charge in [0.15, 0.2) is 6.10 Å². The summed E-state index contributed by atoms with van der Waals surface area (Å²) >= 11 is 0. The SMILES string of the molecule is Cc1cc(OC(C)C(F)(F)F)c(CO)cn1. The first-order valence-corrected chi connectivity index (χ1v) is 4.64.